The summed E-state index contributed by atoms with van der Waals surface area (Å²) in [5, 5.41) is 0. The van der Waals surface area contributed by atoms with Crippen molar-refractivity contribution in [2.45, 2.75) is 53.1 Å². The molecule has 22 heavy (non-hydrogen) atoms. The second-order valence-electron chi connectivity index (χ2n) is 7.04. The number of rotatable bonds is 2. The van der Waals surface area contributed by atoms with Gasteiger partial charge in [-0.25, -0.2) is 4.79 Å². The first kappa shape index (κ1) is 18.8. The normalized spacial score (nSPS) is 18.0. The monoisotopic (exact) mass is 324 g/mol. The van der Waals surface area contributed by atoms with Crippen LogP contribution in [0.3, 0.4) is 0 Å². The summed E-state index contributed by atoms with van der Waals surface area (Å²) in [7, 11) is 0. The maximum Gasteiger partial charge on any atom is 0.410 e. The Balaban J connectivity index is 0.00000242. The van der Waals surface area contributed by atoms with Crippen molar-refractivity contribution in [1.29, 1.82) is 0 Å². The van der Waals surface area contributed by atoms with E-state index in [0.29, 0.717) is 5.92 Å². The molecule has 1 unspecified atom stereocenters. The molecule has 1 fully saturated rings. The minimum absolute atomic E-state index is 0. The Kier molecular flexibility index (Phi) is 6.29. The lowest BCUT2D eigenvalue weighted by Crippen LogP contribution is -2.35. The molecule has 0 bridgehead atoms. The predicted molar refractivity (Wildman–Crippen MR) is 93.7 cm³/mol. The van der Waals surface area contributed by atoms with E-state index in [2.05, 4.69) is 17.1 Å². The van der Waals surface area contributed by atoms with Crippen LogP contribution in [0.2, 0.25) is 0 Å². The van der Waals surface area contributed by atoms with E-state index >= 15 is 0 Å². The molecule has 2 heterocycles. The third kappa shape index (κ3) is 5.52. The smallest absolute Gasteiger partial charge is 0.410 e. The minimum atomic E-state index is -0.422. The highest BCUT2D eigenvalue weighted by Crippen LogP contribution is 2.23. The molecular formula is C17H28N2O2S. The number of hydrogen-bond acceptors (Lipinski definition) is 3. The van der Waals surface area contributed by atoms with Gasteiger partial charge in [-0.05, 0) is 71.1 Å². The number of carbonyl (C=O) groups excluding carboxylic acids is 1. The maximum absolute atomic E-state index is 12.1. The van der Waals surface area contributed by atoms with Gasteiger partial charge in [0.1, 0.15) is 5.60 Å². The third-order valence-electron chi connectivity index (χ3n) is 3.60. The zero-order valence-corrected chi connectivity index (χ0v) is 15.3. The summed E-state index contributed by atoms with van der Waals surface area (Å²) >= 11 is 0. The van der Waals surface area contributed by atoms with E-state index in [0.717, 1.165) is 37.3 Å². The predicted octanol–water partition coefficient (Wildman–Crippen LogP) is 3.61. The van der Waals surface area contributed by atoms with Gasteiger partial charge in [0.15, 0.2) is 0 Å². The van der Waals surface area contributed by atoms with E-state index in [1.165, 1.54) is 5.56 Å². The lowest BCUT2D eigenvalue weighted by atomic mass is 9.98. The van der Waals surface area contributed by atoms with E-state index < -0.39 is 5.60 Å². The molecular weight excluding hydrogens is 296 g/mol. The van der Waals surface area contributed by atoms with Gasteiger partial charge in [0.05, 0.1) is 0 Å². The molecule has 2 rings (SSSR count). The van der Waals surface area contributed by atoms with Gasteiger partial charge in [0, 0.05) is 24.5 Å². The molecule has 1 atom stereocenters. The van der Waals surface area contributed by atoms with Crippen LogP contribution in [-0.4, -0.2) is 34.7 Å². The first-order valence-corrected chi connectivity index (χ1v) is 7.65. The average Bonchev–Trinajstić information content (AvgIpc) is 2.73. The van der Waals surface area contributed by atoms with Crippen LogP contribution in [0.4, 0.5) is 4.79 Å². The molecule has 0 aliphatic carbocycles. The molecule has 0 spiro atoms. The van der Waals surface area contributed by atoms with Gasteiger partial charge in [-0.2, -0.15) is 13.5 Å². The third-order valence-corrected chi connectivity index (χ3v) is 3.60. The fraction of sp³-hybridized carbons (Fsp3) is 0.647. The number of amides is 1. The lowest BCUT2D eigenvalue weighted by molar-refractivity contribution is 0.0288. The molecule has 1 aromatic rings. The summed E-state index contributed by atoms with van der Waals surface area (Å²) in [4.78, 5) is 18.3. The van der Waals surface area contributed by atoms with Crippen LogP contribution in [0.1, 0.15) is 44.1 Å². The second kappa shape index (κ2) is 7.36. The molecule has 0 aromatic carbocycles. The zero-order chi connectivity index (χ0) is 15.6. The van der Waals surface area contributed by atoms with E-state index in [1.54, 1.807) is 0 Å². The molecule has 1 saturated heterocycles. The Bertz CT molecular complexity index is 506. The quantitative estimate of drug-likeness (QED) is 0.834. The largest absolute Gasteiger partial charge is 0.444 e. The van der Waals surface area contributed by atoms with Gasteiger partial charge in [-0.15, -0.1) is 0 Å². The van der Waals surface area contributed by atoms with E-state index in [9.17, 15) is 4.79 Å². The fourth-order valence-corrected chi connectivity index (χ4v) is 2.86. The van der Waals surface area contributed by atoms with Gasteiger partial charge < -0.3 is 9.64 Å². The van der Waals surface area contributed by atoms with E-state index in [4.69, 9.17) is 4.74 Å². The summed E-state index contributed by atoms with van der Waals surface area (Å²) in [5.41, 5.74) is 3.02. The SMILES string of the molecule is Cc1cc(CC2CCN(C(=O)OC(C)(C)C)C2)cc(C)n1.S. The lowest BCUT2D eigenvalue weighted by Gasteiger charge is -2.24. The zero-order valence-electron chi connectivity index (χ0n) is 14.3. The van der Waals surface area contributed by atoms with Crippen LogP contribution in [0.25, 0.3) is 0 Å². The maximum atomic E-state index is 12.1. The fourth-order valence-electron chi connectivity index (χ4n) is 2.86. The van der Waals surface area contributed by atoms with Crippen molar-refractivity contribution in [2.24, 2.45) is 5.92 Å². The Morgan fingerprint density at radius 3 is 2.45 bits per heavy atom. The summed E-state index contributed by atoms with van der Waals surface area (Å²) < 4.78 is 5.44. The van der Waals surface area contributed by atoms with Gasteiger partial charge in [0.2, 0.25) is 0 Å². The van der Waals surface area contributed by atoms with Gasteiger partial charge >= 0.3 is 6.09 Å². The van der Waals surface area contributed by atoms with E-state index in [-0.39, 0.29) is 19.6 Å². The standard InChI is InChI=1S/C17H26N2O2.H2S/c1-12-8-15(9-13(2)18-12)10-14-6-7-19(11-14)16(20)21-17(3,4)5;/h8-9,14H,6-7,10-11H2,1-5H3;1H2. The highest BCUT2D eigenvalue weighted by molar-refractivity contribution is 7.59. The summed E-state index contributed by atoms with van der Waals surface area (Å²) in [5.74, 6) is 0.513. The number of aromatic nitrogens is 1. The molecule has 5 heteroatoms. The number of pyridine rings is 1. The summed E-state index contributed by atoms with van der Waals surface area (Å²) in [6, 6.07) is 4.28. The number of aryl methyl sites for hydroxylation is 2. The molecule has 0 N–H and O–H groups in total. The number of carbonyl (C=O) groups is 1. The first-order chi connectivity index (χ1) is 9.73. The van der Waals surface area contributed by atoms with Gasteiger partial charge in [0.25, 0.3) is 0 Å². The molecule has 4 nitrogen and oxygen atoms in total. The highest BCUT2D eigenvalue weighted by atomic mass is 32.1. The van der Waals surface area contributed by atoms with Crippen LogP contribution in [-0.2, 0) is 11.2 Å². The number of ether oxygens (including phenoxy) is 1. The van der Waals surface area contributed by atoms with Crippen molar-refractivity contribution in [3.8, 4) is 0 Å². The van der Waals surface area contributed by atoms with Crippen LogP contribution >= 0.6 is 13.5 Å². The Morgan fingerprint density at radius 2 is 1.91 bits per heavy atom. The number of hydrogen-bond donors (Lipinski definition) is 0. The van der Waals surface area contributed by atoms with Crippen LogP contribution < -0.4 is 0 Å². The second-order valence-corrected chi connectivity index (χ2v) is 7.04. The Hall–Kier alpha value is -1.23. The number of likely N-dealkylation sites (tertiary alicyclic amines) is 1. The minimum Gasteiger partial charge on any atom is -0.444 e. The average molecular weight is 324 g/mol. The van der Waals surface area contributed by atoms with Crippen molar-refractivity contribution in [3.05, 3.63) is 29.1 Å². The molecule has 1 amide bonds. The molecule has 124 valence electrons. The van der Waals surface area contributed by atoms with Crippen molar-refractivity contribution in [3.63, 3.8) is 0 Å². The van der Waals surface area contributed by atoms with Gasteiger partial charge in [-0.1, -0.05) is 0 Å². The molecule has 1 aromatic heterocycles. The summed E-state index contributed by atoms with van der Waals surface area (Å²) in [6.07, 6.45) is 1.86. The van der Waals surface area contributed by atoms with Crippen LogP contribution in [0, 0.1) is 19.8 Å². The van der Waals surface area contributed by atoms with Crippen LogP contribution in [0.15, 0.2) is 12.1 Å². The van der Waals surface area contributed by atoms with Crippen molar-refractivity contribution >= 4 is 19.6 Å². The summed E-state index contributed by atoms with van der Waals surface area (Å²) in [6.45, 7) is 11.3. The highest BCUT2D eigenvalue weighted by Gasteiger charge is 2.29. The van der Waals surface area contributed by atoms with E-state index in [1.807, 2.05) is 39.5 Å². The van der Waals surface area contributed by atoms with Gasteiger partial charge in [-0.3, -0.25) is 4.98 Å². The molecule has 1 aliphatic heterocycles. The molecule has 1 aliphatic rings. The van der Waals surface area contributed by atoms with Crippen molar-refractivity contribution < 1.29 is 9.53 Å². The van der Waals surface area contributed by atoms with Crippen molar-refractivity contribution in [2.75, 3.05) is 13.1 Å². The van der Waals surface area contributed by atoms with Crippen LogP contribution in [0.5, 0.6) is 0 Å². The Labute approximate surface area is 140 Å². The Morgan fingerprint density at radius 1 is 1.32 bits per heavy atom. The van der Waals surface area contributed by atoms with Crippen molar-refractivity contribution in [1.82, 2.24) is 9.88 Å². The number of nitrogens with zero attached hydrogens (tertiary/aromatic N) is 2. The molecule has 0 radical (unpaired) electrons. The molecule has 0 saturated carbocycles. The first-order valence-electron chi connectivity index (χ1n) is 7.65. The topological polar surface area (TPSA) is 42.4 Å².